The number of ether oxygens (including phenoxy) is 3. The molecule has 0 N–H and O–H groups in total. The van der Waals surface area contributed by atoms with Gasteiger partial charge in [0.25, 0.3) is 0 Å². The fourth-order valence-corrected chi connectivity index (χ4v) is 3.92. The lowest BCUT2D eigenvalue weighted by molar-refractivity contribution is -0.129. The largest absolute Gasteiger partial charge is 0.490 e. The minimum Gasteiger partial charge on any atom is -0.490 e. The maximum atomic E-state index is 14.0. The average Bonchev–Trinajstić information content (AvgIpc) is 3.16. The fraction of sp³-hybridized carbons (Fsp3) is 0.154. The Balaban J connectivity index is 1.62. The summed E-state index contributed by atoms with van der Waals surface area (Å²) in [5.41, 5.74) is 2.91. The summed E-state index contributed by atoms with van der Waals surface area (Å²) in [5, 5.41) is 0.262. The lowest BCUT2D eigenvalue weighted by Gasteiger charge is -2.15. The van der Waals surface area contributed by atoms with Crippen LogP contribution >= 0.6 is 34.2 Å². The Hall–Kier alpha value is -2.91. The maximum absolute atomic E-state index is 14.0. The molecule has 0 fully saturated rings. The highest BCUT2D eigenvalue weighted by atomic mass is 127. The molecule has 0 saturated heterocycles. The van der Waals surface area contributed by atoms with Crippen LogP contribution in [0.25, 0.3) is 6.08 Å². The molecular formula is C26H20ClFINO4. The molecule has 3 aromatic carbocycles. The Kier molecular flexibility index (Phi) is 7.53. The topological polar surface area (TPSA) is 57.1 Å². The number of carbonyl (C=O) groups excluding carboxylic acids is 1. The Bertz CT molecular complexity index is 1320. The highest BCUT2D eigenvalue weighted by Crippen LogP contribution is 2.38. The van der Waals surface area contributed by atoms with Crippen LogP contribution in [0.5, 0.6) is 11.5 Å². The monoisotopic (exact) mass is 591 g/mol. The van der Waals surface area contributed by atoms with Gasteiger partial charge in [0.2, 0.25) is 5.90 Å². The molecule has 0 bridgehead atoms. The molecule has 0 unspecified atom stereocenters. The molecule has 0 spiro atoms. The van der Waals surface area contributed by atoms with Gasteiger partial charge in [-0.3, -0.25) is 0 Å². The van der Waals surface area contributed by atoms with E-state index in [-0.39, 0.29) is 29.0 Å². The van der Waals surface area contributed by atoms with Gasteiger partial charge in [-0.1, -0.05) is 29.8 Å². The van der Waals surface area contributed by atoms with Crippen molar-refractivity contribution in [1.29, 1.82) is 0 Å². The average molecular weight is 592 g/mol. The molecule has 0 saturated carbocycles. The van der Waals surface area contributed by atoms with E-state index in [4.69, 9.17) is 25.8 Å². The van der Waals surface area contributed by atoms with Gasteiger partial charge in [0.15, 0.2) is 17.2 Å². The number of aryl methyl sites for hydroxylation is 1. The minimum atomic E-state index is -0.555. The zero-order valence-electron chi connectivity index (χ0n) is 18.4. The zero-order chi connectivity index (χ0) is 24.2. The Morgan fingerprint density at radius 2 is 1.94 bits per heavy atom. The SMILES string of the molecule is CCOc1cc(/C=C2\N=C(c3ccc(I)c(C)c3)OC2=O)cc(Cl)c1OCc1ccccc1F. The third-order valence-corrected chi connectivity index (χ3v) is 6.48. The van der Waals surface area contributed by atoms with Crippen molar-refractivity contribution in [1.82, 2.24) is 0 Å². The van der Waals surface area contributed by atoms with Gasteiger partial charge >= 0.3 is 5.97 Å². The van der Waals surface area contributed by atoms with Crippen molar-refractivity contribution < 1.29 is 23.4 Å². The van der Waals surface area contributed by atoms with E-state index in [1.807, 2.05) is 32.0 Å². The number of benzene rings is 3. The summed E-state index contributed by atoms with van der Waals surface area (Å²) in [6.45, 7) is 4.16. The lowest BCUT2D eigenvalue weighted by atomic mass is 10.1. The molecule has 0 amide bonds. The van der Waals surface area contributed by atoms with Gasteiger partial charge in [0.1, 0.15) is 12.4 Å². The van der Waals surface area contributed by atoms with Gasteiger partial charge < -0.3 is 14.2 Å². The van der Waals surface area contributed by atoms with Crippen LogP contribution in [0.2, 0.25) is 5.02 Å². The fourth-order valence-electron chi connectivity index (χ4n) is 3.31. The van der Waals surface area contributed by atoms with Crippen molar-refractivity contribution >= 4 is 52.1 Å². The molecule has 34 heavy (non-hydrogen) atoms. The normalized spacial score (nSPS) is 14.2. The number of nitrogens with zero attached hydrogens (tertiary/aromatic N) is 1. The van der Waals surface area contributed by atoms with Crippen molar-refractivity contribution in [3.05, 3.63) is 97.0 Å². The molecular weight excluding hydrogens is 572 g/mol. The first-order chi connectivity index (χ1) is 16.4. The van der Waals surface area contributed by atoms with Crippen LogP contribution in [0.1, 0.15) is 29.2 Å². The number of aliphatic imine (C=N–C) groups is 1. The Morgan fingerprint density at radius 3 is 2.68 bits per heavy atom. The summed E-state index contributed by atoms with van der Waals surface area (Å²) in [5.74, 6) is -0.00459. The van der Waals surface area contributed by atoms with E-state index in [9.17, 15) is 9.18 Å². The zero-order valence-corrected chi connectivity index (χ0v) is 21.3. The van der Waals surface area contributed by atoms with Crippen molar-refractivity contribution in [2.24, 2.45) is 4.99 Å². The van der Waals surface area contributed by atoms with E-state index in [2.05, 4.69) is 27.6 Å². The molecule has 1 aliphatic heterocycles. The molecule has 0 atom stereocenters. The van der Waals surface area contributed by atoms with Crippen molar-refractivity contribution in [3.63, 3.8) is 0 Å². The second-order valence-corrected chi connectivity index (χ2v) is 9.01. The lowest BCUT2D eigenvalue weighted by Crippen LogP contribution is -2.05. The highest BCUT2D eigenvalue weighted by Gasteiger charge is 2.25. The standard InChI is InChI=1S/C26H20ClFINO4/c1-3-32-23-13-16(11-19(27)24(23)33-14-18-6-4-5-7-20(18)28)12-22-26(31)34-25(30-22)17-8-9-21(29)15(2)10-17/h4-13H,3,14H2,1-2H3/b22-12-. The Labute approximate surface area is 215 Å². The van der Waals surface area contributed by atoms with Crippen LogP contribution in [0.4, 0.5) is 4.39 Å². The van der Waals surface area contributed by atoms with Gasteiger partial charge in [-0.05, 0) is 90.0 Å². The first kappa shape index (κ1) is 24.2. The van der Waals surface area contributed by atoms with E-state index in [0.717, 1.165) is 14.7 Å². The van der Waals surface area contributed by atoms with Crippen LogP contribution in [-0.4, -0.2) is 18.5 Å². The number of hydrogen-bond donors (Lipinski definition) is 0. The van der Waals surface area contributed by atoms with Gasteiger partial charge in [-0.2, -0.15) is 0 Å². The quantitative estimate of drug-likeness (QED) is 0.174. The number of hydrogen-bond acceptors (Lipinski definition) is 5. The van der Waals surface area contributed by atoms with Crippen LogP contribution < -0.4 is 9.47 Å². The smallest absolute Gasteiger partial charge is 0.363 e. The molecule has 0 radical (unpaired) electrons. The number of halogens is 3. The number of carbonyl (C=O) groups is 1. The molecule has 4 rings (SSSR count). The van der Waals surface area contributed by atoms with E-state index in [1.54, 1.807) is 36.4 Å². The van der Waals surface area contributed by atoms with Gasteiger partial charge in [-0.25, -0.2) is 14.2 Å². The van der Waals surface area contributed by atoms with Crippen LogP contribution in [0.15, 0.2) is 65.3 Å². The second-order valence-electron chi connectivity index (χ2n) is 7.44. The highest BCUT2D eigenvalue weighted by molar-refractivity contribution is 14.1. The molecule has 174 valence electrons. The van der Waals surface area contributed by atoms with Gasteiger partial charge in [0, 0.05) is 14.7 Å². The van der Waals surface area contributed by atoms with Crippen LogP contribution in [-0.2, 0) is 16.1 Å². The van der Waals surface area contributed by atoms with Crippen LogP contribution in [0.3, 0.4) is 0 Å². The molecule has 0 aromatic heterocycles. The maximum Gasteiger partial charge on any atom is 0.363 e. The van der Waals surface area contributed by atoms with Gasteiger partial charge in [-0.15, -0.1) is 0 Å². The predicted octanol–water partition coefficient (Wildman–Crippen LogP) is 6.71. The van der Waals surface area contributed by atoms with E-state index >= 15 is 0 Å². The summed E-state index contributed by atoms with van der Waals surface area (Å²) in [4.78, 5) is 16.8. The van der Waals surface area contributed by atoms with Crippen molar-refractivity contribution in [2.45, 2.75) is 20.5 Å². The van der Waals surface area contributed by atoms with E-state index in [0.29, 0.717) is 29.2 Å². The van der Waals surface area contributed by atoms with E-state index < -0.39 is 5.97 Å². The Morgan fingerprint density at radius 1 is 1.15 bits per heavy atom. The minimum absolute atomic E-state index is 0.0116. The molecule has 8 heteroatoms. The van der Waals surface area contributed by atoms with Crippen LogP contribution in [0, 0.1) is 16.3 Å². The summed E-state index contributed by atoms with van der Waals surface area (Å²) < 4.78 is 31.9. The first-order valence-corrected chi connectivity index (χ1v) is 11.9. The number of esters is 1. The van der Waals surface area contributed by atoms with Crippen molar-refractivity contribution in [3.8, 4) is 11.5 Å². The summed E-state index contributed by atoms with van der Waals surface area (Å²) >= 11 is 8.72. The van der Waals surface area contributed by atoms with Gasteiger partial charge in [0.05, 0.1) is 11.6 Å². The number of rotatable bonds is 7. The first-order valence-electron chi connectivity index (χ1n) is 10.5. The molecule has 3 aromatic rings. The third-order valence-electron chi connectivity index (χ3n) is 4.99. The summed E-state index contributed by atoms with van der Waals surface area (Å²) in [7, 11) is 0. The third kappa shape index (κ3) is 5.42. The van der Waals surface area contributed by atoms with Crippen molar-refractivity contribution in [2.75, 3.05) is 6.61 Å². The molecule has 1 heterocycles. The summed E-state index contributed by atoms with van der Waals surface area (Å²) in [6.07, 6.45) is 1.57. The molecule has 1 aliphatic rings. The predicted molar refractivity (Wildman–Crippen MR) is 138 cm³/mol. The van der Waals surface area contributed by atoms with E-state index in [1.165, 1.54) is 6.07 Å². The summed E-state index contributed by atoms with van der Waals surface area (Å²) in [6, 6.07) is 15.4. The number of cyclic esters (lactones) is 1. The second kappa shape index (κ2) is 10.6. The molecule has 0 aliphatic carbocycles. The molecule has 5 nitrogen and oxygen atoms in total.